The van der Waals surface area contributed by atoms with Crippen molar-refractivity contribution in [3.63, 3.8) is 0 Å². The number of pyridine rings is 1. The van der Waals surface area contributed by atoms with Crippen molar-refractivity contribution in [1.29, 1.82) is 0 Å². The van der Waals surface area contributed by atoms with E-state index >= 15 is 0 Å². The molecule has 0 radical (unpaired) electrons. The molecule has 7 heteroatoms. The number of benzene rings is 1. The van der Waals surface area contributed by atoms with E-state index in [1.807, 2.05) is 0 Å². The number of aromatic nitrogens is 1. The first-order chi connectivity index (χ1) is 11.3. The lowest BCUT2D eigenvalue weighted by atomic mass is 10.1. The maximum absolute atomic E-state index is 12.3. The summed E-state index contributed by atoms with van der Waals surface area (Å²) in [6, 6.07) is 7.27. The molecule has 0 saturated carbocycles. The molecule has 2 rings (SSSR count). The molecular weight excluding hydrogens is 318 g/mol. The Kier molecular flexibility index (Phi) is 5.33. The molecule has 0 saturated heterocycles. The van der Waals surface area contributed by atoms with Gasteiger partial charge in [0, 0.05) is 5.69 Å². The molecule has 5 nitrogen and oxygen atoms in total. The Morgan fingerprint density at radius 3 is 2.38 bits per heavy atom. The van der Waals surface area contributed by atoms with Crippen LogP contribution in [0.5, 0.6) is 5.75 Å². The molecule has 1 amide bonds. The number of aromatic amines is 1. The summed E-state index contributed by atoms with van der Waals surface area (Å²) in [5.41, 5.74) is 1.58. The zero-order chi connectivity index (χ0) is 17.9. The summed E-state index contributed by atoms with van der Waals surface area (Å²) in [6.07, 6.45) is 0. The molecule has 1 aromatic carbocycles. The van der Waals surface area contributed by atoms with Crippen LogP contribution in [0.25, 0.3) is 0 Å². The van der Waals surface area contributed by atoms with Gasteiger partial charge < -0.3 is 15.0 Å². The van der Waals surface area contributed by atoms with Crippen molar-refractivity contribution < 1.29 is 18.3 Å². The first-order valence-electron chi connectivity index (χ1n) is 7.34. The second kappa shape index (κ2) is 7.25. The van der Waals surface area contributed by atoms with Crippen LogP contribution in [0.4, 0.5) is 8.78 Å². The molecule has 1 atom stereocenters. The van der Waals surface area contributed by atoms with Crippen LogP contribution >= 0.6 is 0 Å². The van der Waals surface area contributed by atoms with E-state index < -0.39 is 24.1 Å². The number of hydrogen-bond acceptors (Lipinski definition) is 3. The summed E-state index contributed by atoms with van der Waals surface area (Å²) in [6.45, 7) is 2.28. The molecule has 0 fully saturated rings. The number of rotatable bonds is 5. The van der Waals surface area contributed by atoms with Crippen LogP contribution < -0.4 is 15.6 Å². The van der Waals surface area contributed by atoms with Gasteiger partial charge in [-0.25, -0.2) is 0 Å². The molecule has 1 aromatic heterocycles. The molecule has 0 bridgehead atoms. The van der Waals surface area contributed by atoms with Gasteiger partial charge in [0.25, 0.3) is 11.5 Å². The number of alkyl halides is 2. The van der Waals surface area contributed by atoms with Gasteiger partial charge in [0.2, 0.25) is 0 Å². The fourth-order valence-corrected chi connectivity index (χ4v) is 2.43. The predicted octanol–water partition coefficient (Wildman–Crippen LogP) is 3.08. The van der Waals surface area contributed by atoms with Crippen molar-refractivity contribution in [2.75, 3.05) is 0 Å². The number of carbonyl (C=O) groups excluding carboxylic acids is 1. The van der Waals surface area contributed by atoms with Gasteiger partial charge in [-0.1, -0.05) is 12.1 Å². The lowest BCUT2D eigenvalue weighted by Crippen LogP contribution is -2.32. The molecule has 0 aliphatic carbocycles. The third kappa shape index (κ3) is 4.18. The maximum atomic E-state index is 12.3. The van der Waals surface area contributed by atoms with Crippen molar-refractivity contribution in [3.05, 3.63) is 63.1 Å². The summed E-state index contributed by atoms with van der Waals surface area (Å²) in [5, 5.41) is 2.73. The standard InChI is InChI=1S/C17H18F2N2O3/c1-9-8-10(2)20-15(22)14(9)16(23)21-11(3)12-4-6-13(7-5-12)24-17(18)19/h4-8,11,17H,1-3H3,(H,20,22)(H,21,23)/t11-/m0/s1. The molecule has 0 unspecified atom stereocenters. The van der Waals surface area contributed by atoms with Crippen molar-refractivity contribution in [2.45, 2.75) is 33.4 Å². The van der Waals surface area contributed by atoms with Crippen LogP contribution in [0.2, 0.25) is 0 Å². The number of aryl methyl sites for hydroxylation is 2. The number of nitrogens with one attached hydrogen (secondary N) is 2. The molecule has 0 spiro atoms. The monoisotopic (exact) mass is 336 g/mol. The maximum Gasteiger partial charge on any atom is 0.387 e. The van der Waals surface area contributed by atoms with Gasteiger partial charge in [0.15, 0.2) is 0 Å². The minimum absolute atomic E-state index is 0.0399. The third-order valence-electron chi connectivity index (χ3n) is 3.55. The summed E-state index contributed by atoms with van der Waals surface area (Å²) in [4.78, 5) is 26.9. The Morgan fingerprint density at radius 2 is 1.83 bits per heavy atom. The zero-order valence-corrected chi connectivity index (χ0v) is 13.5. The largest absolute Gasteiger partial charge is 0.435 e. The zero-order valence-electron chi connectivity index (χ0n) is 13.5. The van der Waals surface area contributed by atoms with Crippen LogP contribution in [-0.4, -0.2) is 17.5 Å². The number of ether oxygens (including phenoxy) is 1. The normalized spacial score (nSPS) is 12.1. The highest BCUT2D eigenvalue weighted by Crippen LogP contribution is 2.19. The van der Waals surface area contributed by atoms with E-state index in [0.29, 0.717) is 16.8 Å². The number of amides is 1. The molecule has 2 aromatic rings. The number of hydrogen-bond donors (Lipinski definition) is 2. The highest BCUT2D eigenvalue weighted by molar-refractivity contribution is 5.95. The Bertz CT molecular complexity index is 785. The molecule has 24 heavy (non-hydrogen) atoms. The first-order valence-corrected chi connectivity index (χ1v) is 7.34. The summed E-state index contributed by atoms with van der Waals surface area (Å²) in [7, 11) is 0. The minimum Gasteiger partial charge on any atom is -0.435 e. The predicted molar refractivity (Wildman–Crippen MR) is 85.5 cm³/mol. The first kappa shape index (κ1) is 17.7. The SMILES string of the molecule is Cc1cc(C)c(C(=O)N[C@@H](C)c2ccc(OC(F)F)cc2)c(=O)[nH]1. The summed E-state index contributed by atoms with van der Waals surface area (Å²) < 4.78 is 28.5. The van der Waals surface area contributed by atoms with Crippen molar-refractivity contribution >= 4 is 5.91 Å². The Hall–Kier alpha value is -2.70. The smallest absolute Gasteiger partial charge is 0.387 e. The minimum atomic E-state index is -2.88. The number of carbonyl (C=O) groups is 1. The van der Waals surface area contributed by atoms with E-state index in [2.05, 4.69) is 15.0 Å². The summed E-state index contributed by atoms with van der Waals surface area (Å²) in [5.74, 6) is -0.452. The van der Waals surface area contributed by atoms with Crippen LogP contribution in [0.15, 0.2) is 35.1 Å². The Balaban J connectivity index is 2.13. The van der Waals surface area contributed by atoms with E-state index in [1.165, 1.54) is 12.1 Å². The van der Waals surface area contributed by atoms with Crippen LogP contribution in [0, 0.1) is 13.8 Å². The molecule has 0 aliphatic heterocycles. The van der Waals surface area contributed by atoms with Crippen molar-refractivity contribution in [2.24, 2.45) is 0 Å². The highest BCUT2D eigenvalue weighted by atomic mass is 19.3. The number of halogens is 2. The molecule has 0 aliphatic rings. The van der Waals surface area contributed by atoms with E-state index in [0.717, 1.165) is 0 Å². The second-order valence-corrected chi connectivity index (χ2v) is 5.48. The average molecular weight is 336 g/mol. The Morgan fingerprint density at radius 1 is 1.21 bits per heavy atom. The van der Waals surface area contributed by atoms with E-state index in [-0.39, 0.29) is 11.3 Å². The summed E-state index contributed by atoms with van der Waals surface area (Å²) >= 11 is 0. The van der Waals surface area contributed by atoms with Crippen molar-refractivity contribution in [3.8, 4) is 5.75 Å². The fraction of sp³-hybridized carbons (Fsp3) is 0.294. The quantitative estimate of drug-likeness (QED) is 0.881. The van der Waals surface area contributed by atoms with E-state index in [9.17, 15) is 18.4 Å². The van der Waals surface area contributed by atoms with Gasteiger partial charge in [-0.15, -0.1) is 0 Å². The Labute approximate surface area is 137 Å². The third-order valence-corrected chi connectivity index (χ3v) is 3.55. The van der Waals surface area contributed by atoms with Gasteiger partial charge in [0.1, 0.15) is 11.3 Å². The van der Waals surface area contributed by atoms with Gasteiger partial charge in [-0.3, -0.25) is 9.59 Å². The topological polar surface area (TPSA) is 71.2 Å². The van der Waals surface area contributed by atoms with Gasteiger partial charge in [-0.05, 0) is 50.1 Å². The van der Waals surface area contributed by atoms with Crippen molar-refractivity contribution in [1.82, 2.24) is 10.3 Å². The van der Waals surface area contributed by atoms with Crippen LogP contribution in [-0.2, 0) is 0 Å². The fourth-order valence-electron chi connectivity index (χ4n) is 2.43. The van der Waals surface area contributed by atoms with E-state index in [4.69, 9.17) is 0 Å². The van der Waals surface area contributed by atoms with Gasteiger partial charge in [-0.2, -0.15) is 8.78 Å². The lowest BCUT2D eigenvalue weighted by molar-refractivity contribution is -0.0498. The van der Waals surface area contributed by atoms with Gasteiger partial charge >= 0.3 is 6.61 Å². The van der Waals surface area contributed by atoms with Crippen LogP contribution in [0.3, 0.4) is 0 Å². The van der Waals surface area contributed by atoms with Crippen LogP contribution in [0.1, 0.15) is 40.1 Å². The van der Waals surface area contributed by atoms with E-state index in [1.54, 1.807) is 39.0 Å². The second-order valence-electron chi connectivity index (χ2n) is 5.48. The lowest BCUT2D eigenvalue weighted by Gasteiger charge is -2.15. The molecule has 128 valence electrons. The highest BCUT2D eigenvalue weighted by Gasteiger charge is 2.17. The average Bonchev–Trinajstić information content (AvgIpc) is 2.46. The van der Waals surface area contributed by atoms with Gasteiger partial charge in [0.05, 0.1) is 6.04 Å². The molecule has 1 heterocycles. The molecular formula is C17H18F2N2O3. The molecule has 2 N–H and O–H groups in total. The number of H-pyrrole nitrogens is 1.